The third-order valence-corrected chi connectivity index (χ3v) is 5.74. The number of carbonyl (C=O) groups is 1. The van der Waals surface area contributed by atoms with Crippen LogP contribution in [-0.2, 0) is 0 Å². The minimum Gasteiger partial charge on any atom is -0.333 e. The van der Waals surface area contributed by atoms with E-state index in [1.165, 1.54) is 0 Å². The first-order valence-electron chi connectivity index (χ1n) is 6.48. The smallest absolute Gasteiger partial charge is 0.255 e. The highest BCUT2D eigenvalue weighted by Crippen LogP contribution is 2.39. The molecular weight excluding hydrogens is 349 g/mol. The molecule has 2 fully saturated rings. The lowest BCUT2D eigenvalue weighted by molar-refractivity contribution is 0.0599. The minimum atomic E-state index is 0.0439. The summed E-state index contributed by atoms with van der Waals surface area (Å²) in [6.07, 6.45) is 3.92. The molecule has 0 spiro atoms. The number of amides is 1. The van der Waals surface area contributed by atoms with E-state index in [2.05, 4.69) is 15.9 Å². The van der Waals surface area contributed by atoms with E-state index in [1.54, 1.807) is 6.07 Å². The van der Waals surface area contributed by atoms with Gasteiger partial charge in [0, 0.05) is 21.9 Å². The number of hydrogen-bond acceptors (Lipinski definition) is 1. The molecule has 1 amide bonds. The monoisotopic (exact) mass is 361 g/mol. The topological polar surface area (TPSA) is 20.3 Å². The molecule has 2 saturated heterocycles. The number of carbonyl (C=O) groups excluding carboxylic acids is 1. The summed E-state index contributed by atoms with van der Waals surface area (Å²) < 4.78 is 0.764. The zero-order valence-corrected chi connectivity index (χ0v) is 13.4. The van der Waals surface area contributed by atoms with Crippen molar-refractivity contribution in [3.63, 3.8) is 0 Å². The summed E-state index contributed by atoms with van der Waals surface area (Å²) in [5.74, 6) is 0.0439. The van der Waals surface area contributed by atoms with Gasteiger partial charge in [-0.25, -0.2) is 0 Å². The zero-order chi connectivity index (χ0) is 13.6. The summed E-state index contributed by atoms with van der Waals surface area (Å²) in [5.41, 5.74) is 0.584. The summed E-state index contributed by atoms with van der Waals surface area (Å²) in [6.45, 7) is 0. The Kier molecular flexibility index (Phi) is 3.80. The first-order valence-corrected chi connectivity index (χ1v) is 8.09. The van der Waals surface area contributed by atoms with E-state index in [4.69, 9.17) is 23.2 Å². The zero-order valence-electron chi connectivity index (χ0n) is 10.3. The van der Waals surface area contributed by atoms with E-state index >= 15 is 0 Å². The molecular formula is C14H14BrCl2NO. The average molecular weight is 363 g/mol. The third kappa shape index (κ3) is 2.41. The second-order valence-corrected chi connectivity index (χ2v) is 7.12. The number of halogens is 3. The molecule has 2 unspecified atom stereocenters. The molecule has 0 saturated carbocycles. The maximum atomic E-state index is 12.7. The summed E-state index contributed by atoms with van der Waals surface area (Å²) in [7, 11) is 0. The van der Waals surface area contributed by atoms with Gasteiger partial charge in [0.2, 0.25) is 0 Å². The second kappa shape index (κ2) is 5.27. The summed E-state index contributed by atoms with van der Waals surface area (Å²) in [4.78, 5) is 14.7. The molecule has 102 valence electrons. The van der Waals surface area contributed by atoms with Crippen molar-refractivity contribution in [1.82, 2.24) is 4.90 Å². The maximum Gasteiger partial charge on any atom is 0.255 e. The van der Waals surface area contributed by atoms with E-state index in [-0.39, 0.29) is 23.4 Å². The predicted octanol–water partition coefficient (Wildman–Crippen LogP) is 4.48. The predicted molar refractivity (Wildman–Crippen MR) is 81.0 cm³/mol. The van der Waals surface area contributed by atoms with Crippen molar-refractivity contribution in [2.75, 3.05) is 0 Å². The van der Waals surface area contributed by atoms with Crippen LogP contribution in [-0.4, -0.2) is 28.3 Å². The summed E-state index contributed by atoms with van der Waals surface area (Å²) >= 11 is 15.8. The molecule has 0 N–H and O–H groups in total. The van der Waals surface area contributed by atoms with E-state index in [0.29, 0.717) is 10.6 Å². The molecule has 2 heterocycles. The van der Waals surface area contributed by atoms with E-state index in [9.17, 15) is 4.79 Å². The van der Waals surface area contributed by atoms with Crippen molar-refractivity contribution < 1.29 is 4.79 Å². The van der Waals surface area contributed by atoms with Gasteiger partial charge in [0.1, 0.15) is 0 Å². The molecule has 1 aromatic carbocycles. The van der Waals surface area contributed by atoms with Crippen molar-refractivity contribution in [2.24, 2.45) is 0 Å². The van der Waals surface area contributed by atoms with E-state index in [1.807, 2.05) is 17.0 Å². The van der Waals surface area contributed by atoms with Crippen LogP contribution in [0.3, 0.4) is 0 Å². The largest absolute Gasteiger partial charge is 0.333 e. The SMILES string of the molecule is O=C(c1cccc(Br)c1Cl)N1C2CCC1CC(Cl)C2. The highest BCUT2D eigenvalue weighted by atomic mass is 79.9. The van der Waals surface area contributed by atoms with Gasteiger partial charge in [-0.15, -0.1) is 11.6 Å². The van der Waals surface area contributed by atoms with Gasteiger partial charge in [-0.1, -0.05) is 17.7 Å². The second-order valence-electron chi connectivity index (χ2n) is 5.27. The Bertz CT molecular complexity index is 508. The van der Waals surface area contributed by atoms with Crippen molar-refractivity contribution in [3.8, 4) is 0 Å². The van der Waals surface area contributed by atoms with Crippen LogP contribution in [0.25, 0.3) is 0 Å². The lowest BCUT2D eigenvalue weighted by Crippen LogP contribution is -2.47. The Morgan fingerprint density at radius 2 is 1.89 bits per heavy atom. The Balaban J connectivity index is 1.91. The van der Waals surface area contributed by atoms with Gasteiger partial charge in [0.15, 0.2) is 0 Å². The van der Waals surface area contributed by atoms with Gasteiger partial charge < -0.3 is 4.90 Å². The van der Waals surface area contributed by atoms with Gasteiger partial charge in [-0.2, -0.15) is 0 Å². The number of benzene rings is 1. The maximum absolute atomic E-state index is 12.7. The van der Waals surface area contributed by atoms with Gasteiger partial charge in [-0.3, -0.25) is 4.79 Å². The molecule has 2 aliphatic heterocycles. The number of fused-ring (bicyclic) bond motifs is 2. The van der Waals surface area contributed by atoms with Crippen molar-refractivity contribution in [1.29, 1.82) is 0 Å². The molecule has 3 rings (SSSR count). The van der Waals surface area contributed by atoms with Crippen LogP contribution < -0.4 is 0 Å². The highest BCUT2D eigenvalue weighted by molar-refractivity contribution is 9.10. The summed E-state index contributed by atoms with van der Waals surface area (Å²) in [5, 5.41) is 0.708. The Labute approximate surface area is 131 Å². The number of nitrogens with zero attached hydrogens (tertiary/aromatic N) is 1. The van der Waals surface area contributed by atoms with Crippen molar-refractivity contribution >= 4 is 45.0 Å². The van der Waals surface area contributed by atoms with Gasteiger partial charge in [0.25, 0.3) is 5.91 Å². The molecule has 2 nitrogen and oxygen atoms in total. The summed E-state index contributed by atoms with van der Waals surface area (Å²) in [6, 6.07) is 6.05. The van der Waals surface area contributed by atoms with Crippen molar-refractivity contribution in [3.05, 3.63) is 33.3 Å². The normalized spacial score (nSPS) is 29.6. The molecule has 1 aromatic rings. The minimum absolute atomic E-state index is 0.0439. The fourth-order valence-electron chi connectivity index (χ4n) is 3.25. The lowest BCUT2D eigenvalue weighted by Gasteiger charge is -2.37. The van der Waals surface area contributed by atoms with Crippen LogP contribution in [0.15, 0.2) is 22.7 Å². The molecule has 0 radical (unpaired) electrons. The van der Waals surface area contributed by atoms with Gasteiger partial charge in [-0.05, 0) is 53.7 Å². The van der Waals surface area contributed by atoms with Crippen LogP contribution in [0, 0.1) is 0 Å². The lowest BCUT2D eigenvalue weighted by atomic mass is 10.0. The van der Waals surface area contributed by atoms with Crippen LogP contribution in [0.5, 0.6) is 0 Å². The standard InChI is InChI=1S/C14H14BrCl2NO/c15-12-3-1-2-11(13(12)17)14(19)18-9-4-5-10(18)7-8(16)6-9/h1-3,8-10H,4-7H2. The molecule has 2 atom stereocenters. The van der Waals surface area contributed by atoms with E-state index < -0.39 is 0 Å². The molecule has 19 heavy (non-hydrogen) atoms. The van der Waals surface area contributed by atoms with Crippen molar-refractivity contribution in [2.45, 2.75) is 43.1 Å². The Morgan fingerprint density at radius 1 is 1.26 bits per heavy atom. The molecule has 5 heteroatoms. The number of rotatable bonds is 1. The highest BCUT2D eigenvalue weighted by Gasteiger charge is 2.43. The molecule has 0 aromatic heterocycles. The fourth-order valence-corrected chi connectivity index (χ4v) is 4.23. The third-order valence-electron chi connectivity index (χ3n) is 4.09. The molecule has 0 aliphatic carbocycles. The van der Waals surface area contributed by atoms with Crippen LogP contribution >= 0.6 is 39.1 Å². The van der Waals surface area contributed by atoms with Crippen LogP contribution in [0.2, 0.25) is 5.02 Å². The first-order chi connectivity index (χ1) is 9.08. The quantitative estimate of drug-likeness (QED) is 0.674. The van der Waals surface area contributed by atoms with Crippen LogP contribution in [0.1, 0.15) is 36.0 Å². The number of alkyl halides is 1. The Morgan fingerprint density at radius 3 is 2.53 bits per heavy atom. The number of piperidine rings is 1. The average Bonchev–Trinajstić information content (AvgIpc) is 2.64. The van der Waals surface area contributed by atoms with E-state index in [0.717, 1.165) is 30.2 Å². The number of hydrogen-bond donors (Lipinski definition) is 0. The van der Waals surface area contributed by atoms with Gasteiger partial charge >= 0.3 is 0 Å². The fraction of sp³-hybridized carbons (Fsp3) is 0.500. The molecule has 2 aliphatic rings. The molecule has 2 bridgehead atoms. The first kappa shape index (κ1) is 13.7. The Hall–Kier alpha value is -0.250. The van der Waals surface area contributed by atoms with Gasteiger partial charge in [0.05, 0.1) is 10.6 Å². The van der Waals surface area contributed by atoms with Crippen LogP contribution in [0.4, 0.5) is 0 Å².